The fraction of sp³-hybridized carbons (Fsp3) is 0.562. The van der Waals surface area contributed by atoms with Gasteiger partial charge in [0.05, 0.1) is 6.10 Å². The van der Waals surface area contributed by atoms with E-state index in [1.54, 1.807) is 13.2 Å². The summed E-state index contributed by atoms with van der Waals surface area (Å²) in [6, 6.07) is 3.09. The highest BCUT2D eigenvalue weighted by Gasteiger charge is 2.17. The molecule has 2 heterocycles. The van der Waals surface area contributed by atoms with Gasteiger partial charge in [-0.2, -0.15) is 0 Å². The summed E-state index contributed by atoms with van der Waals surface area (Å²) in [7, 11) is 1.61. The molecule has 2 rings (SSSR count). The molecule has 0 saturated carbocycles. The molecular weight excluding hydrogens is 298 g/mol. The van der Waals surface area contributed by atoms with E-state index >= 15 is 0 Å². The second-order valence-corrected chi connectivity index (χ2v) is 5.38. The normalized spacial score (nSPS) is 17.0. The van der Waals surface area contributed by atoms with Crippen molar-refractivity contribution < 1.29 is 19.1 Å². The Kier molecular flexibility index (Phi) is 6.96. The van der Waals surface area contributed by atoms with Crippen LogP contribution in [0.5, 0.6) is 0 Å². The summed E-state index contributed by atoms with van der Waals surface area (Å²) < 4.78 is 10.4. The van der Waals surface area contributed by atoms with Crippen LogP contribution in [0.15, 0.2) is 18.3 Å². The lowest BCUT2D eigenvalue weighted by Crippen LogP contribution is -2.32. The van der Waals surface area contributed by atoms with E-state index in [9.17, 15) is 9.59 Å². The summed E-state index contributed by atoms with van der Waals surface area (Å²) in [6.45, 7) is 2.33. The fourth-order valence-corrected chi connectivity index (χ4v) is 2.32. The predicted octanol–water partition coefficient (Wildman–Crippen LogP) is 0.757. The summed E-state index contributed by atoms with van der Waals surface area (Å²) >= 11 is 0. The lowest BCUT2D eigenvalue weighted by Gasteiger charge is -2.11. The van der Waals surface area contributed by atoms with Crippen LogP contribution in [-0.4, -0.2) is 56.3 Å². The molecular formula is C16H23N3O4. The van der Waals surface area contributed by atoms with E-state index in [-0.39, 0.29) is 23.6 Å². The Morgan fingerprint density at radius 1 is 1.39 bits per heavy atom. The second kappa shape index (κ2) is 9.22. The third-order valence-corrected chi connectivity index (χ3v) is 3.58. The predicted molar refractivity (Wildman–Crippen MR) is 84.4 cm³/mol. The smallest absolute Gasteiger partial charge is 0.269 e. The number of amides is 2. The highest BCUT2D eigenvalue weighted by atomic mass is 16.5. The van der Waals surface area contributed by atoms with Crippen LogP contribution in [0.4, 0.5) is 0 Å². The van der Waals surface area contributed by atoms with Gasteiger partial charge in [0.1, 0.15) is 5.69 Å². The molecule has 1 atom stereocenters. The minimum Gasteiger partial charge on any atom is -0.385 e. The first-order valence-corrected chi connectivity index (χ1v) is 7.83. The maximum absolute atomic E-state index is 12.1. The number of carbonyl (C=O) groups excluding carboxylic acids is 2. The van der Waals surface area contributed by atoms with Crippen molar-refractivity contribution in [3.05, 3.63) is 29.6 Å². The van der Waals surface area contributed by atoms with Crippen LogP contribution >= 0.6 is 0 Å². The molecule has 1 unspecified atom stereocenters. The highest BCUT2D eigenvalue weighted by Crippen LogP contribution is 2.11. The van der Waals surface area contributed by atoms with Crippen LogP contribution in [-0.2, 0) is 9.47 Å². The summed E-state index contributed by atoms with van der Waals surface area (Å²) in [5.41, 5.74) is 0.646. The van der Waals surface area contributed by atoms with Gasteiger partial charge in [0, 0.05) is 45.2 Å². The number of ether oxygens (including phenoxy) is 2. The summed E-state index contributed by atoms with van der Waals surface area (Å²) in [4.78, 5) is 28.1. The number of methoxy groups -OCH3 is 1. The topological polar surface area (TPSA) is 89.5 Å². The zero-order valence-electron chi connectivity index (χ0n) is 13.3. The monoisotopic (exact) mass is 321 g/mol. The molecule has 0 aromatic carbocycles. The van der Waals surface area contributed by atoms with E-state index in [1.807, 2.05) is 0 Å². The fourth-order valence-electron chi connectivity index (χ4n) is 2.32. The molecule has 126 valence electrons. The van der Waals surface area contributed by atoms with Gasteiger partial charge in [0.25, 0.3) is 11.8 Å². The van der Waals surface area contributed by atoms with Gasteiger partial charge in [-0.3, -0.25) is 14.6 Å². The number of hydrogen-bond donors (Lipinski definition) is 2. The van der Waals surface area contributed by atoms with Gasteiger partial charge in [0.2, 0.25) is 0 Å². The number of carbonyl (C=O) groups is 2. The van der Waals surface area contributed by atoms with Gasteiger partial charge in [-0.15, -0.1) is 0 Å². The van der Waals surface area contributed by atoms with Gasteiger partial charge in [-0.25, -0.2) is 0 Å². The molecule has 1 aliphatic heterocycles. The Balaban J connectivity index is 1.85. The maximum atomic E-state index is 12.1. The van der Waals surface area contributed by atoms with E-state index in [0.717, 1.165) is 25.9 Å². The first-order chi connectivity index (χ1) is 11.2. The lowest BCUT2D eigenvalue weighted by atomic mass is 10.2. The first kappa shape index (κ1) is 17.4. The molecule has 2 amide bonds. The van der Waals surface area contributed by atoms with Crippen molar-refractivity contribution in [1.29, 1.82) is 0 Å². The molecule has 7 nitrogen and oxygen atoms in total. The Morgan fingerprint density at radius 3 is 3.00 bits per heavy atom. The third kappa shape index (κ3) is 5.61. The van der Waals surface area contributed by atoms with Crippen molar-refractivity contribution in [3.8, 4) is 0 Å². The molecule has 1 aromatic rings. The Morgan fingerprint density at radius 2 is 2.26 bits per heavy atom. The number of nitrogens with zero attached hydrogens (tertiary/aromatic N) is 1. The standard InChI is InChI=1S/C16H23N3O4/c1-22-8-3-6-18-16(21)14-10-12(5-7-17-14)15(20)19-11-13-4-2-9-23-13/h5,7,10,13H,2-4,6,8-9,11H2,1H3,(H,18,21)(H,19,20). The molecule has 0 aliphatic carbocycles. The second-order valence-electron chi connectivity index (χ2n) is 5.38. The molecule has 0 bridgehead atoms. The number of hydrogen-bond acceptors (Lipinski definition) is 5. The van der Waals surface area contributed by atoms with Crippen LogP contribution in [0.3, 0.4) is 0 Å². The number of nitrogens with one attached hydrogen (secondary N) is 2. The van der Waals surface area contributed by atoms with Gasteiger partial charge >= 0.3 is 0 Å². The molecule has 1 saturated heterocycles. The first-order valence-electron chi connectivity index (χ1n) is 7.83. The van der Waals surface area contributed by atoms with E-state index in [2.05, 4.69) is 15.6 Å². The summed E-state index contributed by atoms with van der Waals surface area (Å²) in [5.74, 6) is -0.522. The third-order valence-electron chi connectivity index (χ3n) is 3.58. The molecule has 0 spiro atoms. The van der Waals surface area contributed by atoms with Crippen molar-refractivity contribution in [2.45, 2.75) is 25.4 Å². The molecule has 1 aliphatic rings. The molecule has 23 heavy (non-hydrogen) atoms. The van der Waals surface area contributed by atoms with Crippen molar-refractivity contribution in [3.63, 3.8) is 0 Å². The minimum absolute atomic E-state index is 0.0874. The lowest BCUT2D eigenvalue weighted by molar-refractivity contribution is 0.0857. The van der Waals surface area contributed by atoms with Gasteiger partial charge in [0.15, 0.2) is 0 Å². The van der Waals surface area contributed by atoms with Gasteiger partial charge in [-0.1, -0.05) is 0 Å². The minimum atomic E-state index is -0.296. The van der Waals surface area contributed by atoms with E-state index in [0.29, 0.717) is 25.3 Å². The van der Waals surface area contributed by atoms with Crippen molar-refractivity contribution in [2.75, 3.05) is 33.4 Å². The van der Waals surface area contributed by atoms with Crippen molar-refractivity contribution in [2.24, 2.45) is 0 Å². The van der Waals surface area contributed by atoms with Crippen molar-refractivity contribution >= 4 is 11.8 Å². The molecule has 1 fully saturated rings. The van der Waals surface area contributed by atoms with Gasteiger partial charge in [-0.05, 0) is 31.4 Å². The summed E-state index contributed by atoms with van der Waals surface area (Å²) in [6.07, 6.45) is 4.27. The number of aromatic nitrogens is 1. The summed E-state index contributed by atoms with van der Waals surface area (Å²) in [5, 5.41) is 5.57. The van der Waals surface area contributed by atoms with Crippen LogP contribution in [0.25, 0.3) is 0 Å². The highest BCUT2D eigenvalue weighted by molar-refractivity contribution is 5.98. The van der Waals surface area contributed by atoms with E-state index in [1.165, 1.54) is 12.3 Å². The molecule has 2 N–H and O–H groups in total. The van der Waals surface area contributed by atoms with Crippen LogP contribution in [0.1, 0.15) is 40.1 Å². The average Bonchev–Trinajstić information content (AvgIpc) is 3.10. The Hall–Kier alpha value is -1.99. The van der Waals surface area contributed by atoms with Crippen molar-refractivity contribution in [1.82, 2.24) is 15.6 Å². The molecule has 1 aromatic heterocycles. The Bertz CT molecular complexity index is 530. The SMILES string of the molecule is COCCCNC(=O)c1cc(C(=O)NCC2CCCO2)ccn1. The molecule has 0 radical (unpaired) electrons. The van der Waals surface area contributed by atoms with Crippen LogP contribution < -0.4 is 10.6 Å². The van der Waals surface area contributed by atoms with Crippen LogP contribution in [0.2, 0.25) is 0 Å². The van der Waals surface area contributed by atoms with E-state index < -0.39 is 0 Å². The quantitative estimate of drug-likeness (QED) is 0.690. The number of rotatable bonds is 8. The number of pyridine rings is 1. The molecule has 7 heteroatoms. The maximum Gasteiger partial charge on any atom is 0.269 e. The van der Waals surface area contributed by atoms with Crippen LogP contribution in [0, 0.1) is 0 Å². The average molecular weight is 321 g/mol. The van der Waals surface area contributed by atoms with Gasteiger partial charge < -0.3 is 20.1 Å². The zero-order chi connectivity index (χ0) is 16.5. The largest absolute Gasteiger partial charge is 0.385 e. The zero-order valence-corrected chi connectivity index (χ0v) is 13.3. The Labute approximate surface area is 135 Å². The van der Waals surface area contributed by atoms with E-state index in [4.69, 9.17) is 9.47 Å².